The molecule has 0 saturated carbocycles. The van der Waals surface area contributed by atoms with Crippen molar-refractivity contribution in [1.82, 2.24) is 14.7 Å². The van der Waals surface area contributed by atoms with Crippen LogP contribution < -0.4 is 15.2 Å². The number of hydrogen-bond acceptors (Lipinski definition) is 5. The van der Waals surface area contributed by atoms with E-state index in [0.29, 0.717) is 28.3 Å². The zero-order valence-corrected chi connectivity index (χ0v) is 22.0. The van der Waals surface area contributed by atoms with Gasteiger partial charge in [0.15, 0.2) is 5.69 Å². The molecular formula is C29H29N6O3+. The Morgan fingerprint density at radius 2 is 1.66 bits per heavy atom. The number of carbonyl (C=O) groups excluding carboxylic acids is 3. The highest BCUT2D eigenvalue weighted by molar-refractivity contribution is 6.26. The zero-order chi connectivity index (χ0) is 27.1. The van der Waals surface area contributed by atoms with Crippen molar-refractivity contribution in [2.24, 2.45) is 10.7 Å². The third-order valence-corrected chi connectivity index (χ3v) is 7.56. The van der Waals surface area contributed by atoms with E-state index in [2.05, 4.69) is 0 Å². The van der Waals surface area contributed by atoms with Gasteiger partial charge in [-0.05, 0) is 44.9 Å². The third-order valence-electron chi connectivity index (χ3n) is 7.56. The van der Waals surface area contributed by atoms with Crippen molar-refractivity contribution >= 4 is 40.6 Å². The molecule has 3 atom stereocenters. The van der Waals surface area contributed by atoms with Crippen LogP contribution in [-0.4, -0.2) is 52.9 Å². The minimum atomic E-state index is -1.25. The molecule has 4 heterocycles. The van der Waals surface area contributed by atoms with Crippen LogP contribution in [0.1, 0.15) is 34.7 Å². The Morgan fingerprint density at radius 3 is 2.29 bits per heavy atom. The lowest BCUT2D eigenvalue weighted by Gasteiger charge is -2.43. The second kappa shape index (κ2) is 8.08. The van der Waals surface area contributed by atoms with Crippen LogP contribution in [0, 0.1) is 20.8 Å². The Hall–Kier alpha value is -4.34. The molecule has 1 saturated heterocycles. The predicted molar refractivity (Wildman–Crippen MR) is 146 cm³/mol. The van der Waals surface area contributed by atoms with Gasteiger partial charge in [-0.15, -0.1) is 9.60 Å². The van der Waals surface area contributed by atoms with Crippen LogP contribution in [-0.2, 0) is 9.59 Å². The number of anilines is 2. The summed E-state index contributed by atoms with van der Waals surface area (Å²) in [6, 6.07) is 17.7. The first-order valence-electron chi connectivity index (χ1n) is 12.6. The molecule has 7 rings (SSSR count). The molecule has 0 aromatic heterocycles. The van der Waals surface area contributed by atoms with E-state index in [9.17, 15) is 14.4 Å². The van der Waals surface area contributed by atoms with Crippen molar-refractivity contribution in [3.05, 3.63) is 88.5 Å². The lowest BCUT2D eigenvalue weighted by atomic mass is 9.95. The highest BCUT2D eigenvalue weighted by atomic mass is 16.3. The maximum absolute atomic E-state index is 14.6. The standard InChI is InChI=1S/C29H29N6O3/c1-16-14-17(2)25(18(3)15-16)32-21-12-9-13-22-23(21)24(20-10-7-6-8-11-20)31-26-28(37)35(22,5)34(27(36)19(4)30)33(26)29(32)38/h6-15,19,26H,30H2,1-5H3/q+1/t19-,26?,35+/m0/s1. The Kier molecular flexibility index (Phi) is 5.11. The van der Waals surface area contributed by atoms with E-state index in [-0.39, 0.29) is 0 Å². The van der Waals surface area contributed by atoms with Crippen molar-refractivity contribution in [2.75, 3.05) is 11.9 Å². The number of carbonyl (C=O) groups is 3. The van der Waals surface area contributed by atoms with Gasteiger partial charge in [0.25, 0.3) is 6.17 Å². The van der Waals surface area contributed by atoms with E-state index in [4.69, 9.17) is 10.7 Å². The fourth-order valence-corrected chi connectivity index (χ4v) is 5.99. The average molecular weight is 510 g/mol. The molecule has 4 aliphatic rings. The first-order chi connectivity index (χ1) is 18.1. The van der Waals surface area contributed by atoms with Crippen LogP contribution in [0.15, 0.2) is 65.7 Å². The number of fused-ring (bicyclic) bond motifs is 1. The van der Waals surface area contributed by atoms with Gasteiger partial charge in [0, 0.05) is 11.6 Å². The number of nitrogens with two attached hydrogens (primary N) is 1. The molecule has 9 heteroatoms. The lowest BCUT2D eigenvalue weighted by molar-refractivity contribution is -0.166. The number of urea groups is 1. The number of hydrogen-bond donors (Lipinski definition) is 1. The molecule has 3 aromatic rings. The maximum Gasteiger partial charge on any atom is 0.391 e. The number of quaternary nitrogens is 1. The van der Waals surface area contributed by atoms with Crippen LogP contribution in [0.2, 0.25) is 0 Å². The van der Waals surface area contributed by atoms with E-state index in [0.717, 1.165) is 22.3 Å². The van der Waals surface area contributed by atoms with Crippen LogP contribution in [0.3, 0.4) is 0 Å². The molecule has 0 spiro atoms. The molecule has 0 radical (unpaired) electrons. The van der Waals surface area contributed by atoms with Gasteiger partial charge in [-0.25, -0.2) is 14.6 Å². The molecule has 1 fully saturated rings. The molecule has 192 valence electrons. The number of rotatable bonds is 3. The van der Waals surface area contributed by atoms with Crippen molar-refractivity contribution in [3.8, 4) is 0 Å². The number of amides is 4. The van der Waals surface area contributed by atoms with Gasteiger partial charge < -0.3 is 5.73 Å². The molecule has 1 unspecified atom stereocenters. The molecule has 38 heavy (non-hydrogen) atoms. The number of aliphatic imine (C=N–C) groups is 1. The van der Waals surface area contributed by atoms with E-state index in [1.807, 2.05) is 81.4 Å². The summed E-state index contributed by atoms with van der Waals surface area (Å²) < 4.78 is -0.556. The van der Waals surface area contributed by atoms with Crippen LogP contribution in [0.4, 0.5) is 21.9 Å². The van der Waals surface area contributed by atoms with Crippen LogP contribution in [0.5, 0.6) is 0 Å². The van der Waals surface area contributed by atoms with Gasteiger partial charge in [0.1, 0.15) is 7.05 Å². The van der Waals surface area contributed by atoms with Crippen molar-refractivity contribution in [3.63, 3.8) is 0 Å². The fraction of sp³-hybridized carbons (Fsp3) is 0.241. The topological polar surface area (TPSA) is 99.3 Å². The first kappa shape index (κ1) is 24.0. The Labute approximate surface area is 220 Å². The van der Waals surface area contributed by atoms with Gasteiger partial charge in [0.05, 0.1) is 28.7 Å². The molecule has 3 aromatic carbocycles. The van der Waals surface area contributed by atoms with Gasteiger partial charge in [-0.1, -0.05) is 59.2 Å². The molecule has 4 aliphatic heterocycles. The van der Waals surface area contributed by atoms with Gasteiger partial charge in [-0.2, -0.15) is 0 Å². The monoisotopic (exact) mass is 509 g/mol. The van der Waals surface area contributed by atoms with Crippen molar-refractivity contribution in [2.45, 2.75) is 39.9 Å². The first-order valence-corrected chi connectivity index (χ1v) is 12.6. The Balaban J connectivity index is 1.77. The molecule has 6 bridgehead atoms. The second-order valence-corrected chi connectivity index (χ2v) is 10.3. The zero-order valence-electron chi connectivity index (χ0n) is 22.0. The highest BCUT2D eigenvalue weighted by Crippen LogP contribution is 2.49. The highest BCUT2D eigenvalue weighted by Gasteiger charge is 2.67. The average Bonchev–Trinajstić information content (AvgIpc) is 3.04. The predicted octanol–water partition coefficient (Wildman–Crippen LogP) is 3.85. The number of likely N-dealkylation sites (N-methyl/N-ethyl adjacent to an activating group) is 1. The summed E-state index contributed by atoms with van der Waals surface area (Å²) in [5.74, 6) is -0.957. The summed E-state index contributed by atoms with van der Waals surface area (Å²) >= 11 is 0. The SMILES string of the molecule is Cc1cc(C)c(N2C(=O)N3C4N=C(c5ccccc5)c5c2cccc5[N@+](C)(C4=O)N3C(=O)[C@H](C)N)c(C)c1. The molecular weight excluding hydrogens is 480 g/mol. The minimum Gasteiger partial charge on any atom is -0.320 e. The molecule has 4 amide bonds. The molecule has 9 nitrogen and oxygen atoms in total. The third kappa shape index (κ3) is 3.00. The number of hydrazine groups is 1. The fourth-order valence-electron chi connectivity index (χ4n) is 5.99. The van der Waals surface area contributed by atoms with Gasteiger partial charge in [-0.3, -0.25) is 9.69 Å². The summed E-state index contributed by atoms with van der Waals surface area (Å²) in [4.78, 5) is 48.9. The summed E-state index contributed by atoms with van der Waals surface area (Å²) in [5.41, 5.74) is 12.8. The summed E-state index contributed by atoms with van der Waals surface area (Å²) in [7, 11) is 1.63. The summed E-state index contributed by atoms with van der Waals surface area (Å²) in [6.07, 6.45) is -1.25. The maximum atomic E-state index is 14.6. The smallest absolute Gasteiger partial charge is 0.320 e. The number of benzene rings is 3. The quantitative estimate of drug-likeness (QED) is 0.542. The minimum absolute atomic E-state index is 0.407. The molecule has 0 aliphatic carbocycles. The molecule has 2 N–H and O–H groups in total. The Bertz CT molecular complexity index is 1560. The van der Waals surface area contributed by atoms with E-state index in [1.54, 1.807) is 18.9 Å². The lowest BCUT2D eigenvalue weighted by Crippen LogP contribution is -2.67. The van der Waals surface area contributed by atoms with E-state index in [1.165, 1.54) is 10.1 Å². The normalized spacial score (nSPS) is 22.4. The Morgan fingerprint density at radius 1 is 1.00 bits per heavy atom. The van der Waals surface area contributed by atoms with E-state index < -0.39 is 34.6 Å². The van der Waals surface area contributed by atoms with Gasteiger partial charge in [0.2, 0.25) is 0 Å². The largest absolute Gasteiger partial charge is 0.391 e. The van der Waals surface area contributed by atoms with Crippen molar-refractivity contribution < 1.29 is 14.4 Å². The number of aryl methyl sites for hydroxylation is 3. The van der Waals surface area contributed by atoms with Crippen LogP contribution >= 0.6 is 0 Å². The number of nitrogens with zero attached hydrogens (tertiary/aromatic N) is 5. The summed E-state index contributed by atoms with van der Waals surface area (Å²) in [6.45, 7) is 7.48. The van der Waals surface area contributed by atoms with Crippen molar-refractivity contribution in [1.29, 1.82) is 0 Å². The summed E-state index contributed by atoms with van der Waals surface area (Å²) in [5, 5.41) is 2.39. The van der Waals surface area contributed by atoms with Crippen LogP contribution in [0.25, 0.3) is 0 Å². The second-order valence-electron chi connectivity index (χ2n) is 10.3. The van der Waals surface area contributed by atoms with Gasteiger partial charge >= 0.3 is 17.8 Å². The van der Waals surface area contributed by atoms with E-state index >= 15 is 0 Å².